The van der Waals surface area contributed by atoms with Crippen molar-refractivity contribution in [2.75, 3.05) is 19.3 Å². The van der Waals surface area contributed by atoms with E-state index in [4.69, 9.17) is 0 Å². The summed E-state index contributed by atoms with van der Waals surface area (Å²) in [7, 11) is -1.89. The van der Waals surface area contributed by atoms with Crippen molar-refractivity contribution in [1.82, 2.24) is 9.62 Å². The highest BCUT2D eigenvalue weighted by atomic mass is 32.2. The highest BCUT2D eigenvalue weighted by Crippen LogP contribution is 2.05. The summed E-state index contributed by atoms with van der Waals surface area (Å²) in [4.78, 5) is 11.8. The maximum atomic E-state index is 11.8. The van der Waals surface area contributed by atoms with Gasteiger partial charge in [0.15, 0.2) is 0 Å². The van der Waals surface area contributed by atoms with Crippen molar-refractivity contribution >= 4 is 15.9 Å². The molecular weight excluding hydrogens is 288 g/mol. The topological polar surface area (TPSA) is 66.5 Å². The van der Waals surface area contributed by atoms with Gasteiger partial charge in [-0.1, -0.05) is 30.3 Å². The first-order valence-corrected chi connectivity index (χ1v) is 8.73. The molecule has 0 saturated heterocycles. The number of benzene rings is 1. The van der Waals surface area contributed by atoms with Crippen LogP contribution >= 0.6 is 0 Å². The lowest BCUT2D eigenvalue weighted by Gasteiger charge is -2.18. The second kappa shape index (κ2) is 8.14. The average molecular weight is 312 g/mol. The van der Waals surface area contributed by atoms with Crippen LogP contribution in [0.3, 0.4) is 0 Å². The number of carbonyl (C=O) groups excluding carboxylic acids is 1. The predicted molar refractivity (Wildman–Crippen MR) is 84.5 cm³/mol. The van der Waals surface area contributed by atoms with E-state index < -0.39 is 10.0 Å². The molecule has 1 amide bonds. The number of sulfonamides is 1. The number of amides is 1. The number of nitrogens with one attached hydrogen (secondary N) is 1. The molecule has 0 aromatic heterocycles. The summed E-state index contributed by atoms with van der Waals surface area (Å²) in [5, 5.41) is 2.83. The monoisotopic (exact) mass is 312 g/mol. The molecule has 0 heterocycles. The number of likely N-dealkylation sites (N-methyl/N-ethyl adjacent to an activating group) is 1. The lowest BCUT2D eigenvalue weighted by Crippen LogP contribution is -2.42. The molecule has 0 spiro atoms. The van der Waals surface area contributed by atoms with Crippen LogP contribution in [0.5, 0.6) is 0 Å². The Bertz CT molecular complexity index is 543. The second-order valence-electron chi connectivity index (χ2n) is 5.15. The van der Waals surface area contributed by atoms with Crippen LogP contribution in [0.4, 0.5) is 0 Å². The number of rotatable bonds is 8. The molecule has 0 aliphatic rings. The Kier molecular flexibility index (Phi) is 6.84. The van der Waals surface area contributed by atoms with Crippen molar-refractivity contribution < 1.29 is 13.2 Å². The number of carbonyl (C=O) groups is 1. The molecule has 1 rings (SSSR count). The highest BCUT2D eigenvalue weighted by molar-refractivity contribution is 7.89. The maximum Gasteiger partial charge on any atom is 0.235 e. The molecule has 118 valence electrons. The van der Waals surface area contributed by atoms with Crippen LogP contribution in [-0.4, -0.2) is 44.0 Å². The van der Waals surface area contributed by atoms with Crippen molar-refractivity contribution in [3.63, 3.8) is 0 Å². The van der Waals surface area contributed by atoms with Gasteiger partial charge in [0, 0.05) is 13.1 Å². The predicted octanol–water partition coefficient (Wildman–Crippen LogP) is 1.41. The Balaban J connectivity index is 2.37. The molecule has 0 unspecified atom stereocenters. The summed E-state index contributed by atoms with van der Waals surface area (Å²) >= 11 is 0. The van der Waals surface area contributed by atoms with Gasteiger partial charge in [-0.05, 0) is 32.3 Å². The van der Waals surface area contributed by atoms with E-state index in [1.165, 1.54) is 12.6 Å². The smallest absolute Gasteiger partial charge is 0.235 e. The Morgan fingerprint density at radius 1 is 1.29 bits per heavy atom. The Hall–Kier alpha value is -1.40. The maximum absolute atomic E-state index is 11.8. The molecule has 1 N–H and O–H groups in total. The molecule has 5 nitrogen and oxygen atoms in total. The van der Waals surface area contributed by atoms with E-state index in [0.29, 0.717) is 0 Å². The molecule has 1 atom stereocenters. The van der Waals surface area contributed by atoms with Gasteiger partial charge in [-0.15, -0.1) is 0 Å². The van der Waals surface area contributed by atoms with Gasteiger partial charge >= 0.3 is 0 Å². The Morgan fingerprint density at radius 3 is 2.48 bits per heavy atom. The van der Waals surface area contributed by atoms with Gasteiger partial charge in [0.05, 0.1) is 12.3 Å². The minimum atomic E-state index is -3.31. The fraction of sp³-hybridized carbons (Fsp3) is 0.533. The summed E-state index contributed by atoms with van der Waals surface area (Å²) in [5.74, 6) is -0.268. The third-order valence-electron chi connectivity index (χ3n) is 3.32. The van der Waals surface area contributed by atoms with Gasteiger partial charge in [0.1, 0.15) is 0 Å². The van der Waals surface area contributed by atoms with Crippen LogP contribution in [0.1, 0.15) is 25.8 Å². The highest BCUT2D eigenvalue weighted by Gasteiger charge is 2.18. The van der Waals surface area contributed by atoms with Crippen LogP contribution in [0.2, 0.25) is 0 Å². The average Bonchev–Trinajstić information content (AvgIpc) is 2.46. The van der Waals surface area contributed by atoms with E-state index in [-0.39, 0.29) is 24.2 Å². The second-order valence-corrected chi connectivity index (χ2v) is 7.51. The largest absolute Gasteiger partial charge is 0.352 e. The SMILES string of the molecule is CCS(=O)(=O)N(C)CC(=O)N[C@@H](C)CCc1ccccc1. The number of hydrogen-bond acceptors (Lipinski definition) is 3. The van der Waals surface area contributed by atoms with Crippen LogP contribution in [0, 0.1) is 0 Å². The minimum Gasteiger partial charge on any atom is -0.352 e. The standard InChI is InChI=1S/C15H24N2O3S/c1-4-21(19,20)17(3)12-15(18)16-13(2)10-11-14-8-6-5-7-9-14/h5-9,13H,4,10-12H2,1-3H3,(H,16,18)/t13-/m0/s1. The summed E-state index contributed by atoms with van der Waals surface area (Å²) in [6, 6.07) is 10.1. The van der Waals surface area contributed by atoms with E-state index in [1.54, 1.807) is 6.92 Å². The zero-order valence-electron chi connectivity index (χ0n) is 12.9. The first-order chi connectivity index (χ1) is 9.85. The third-order valence-corrected chi connectivity index (χ3v) is 5.13. The number of aryl methyl sites for hydroxylation is 1. The first-order valence-electron chi connectivity index (χ1n) is 7.12. The van der Waals surface area contributed by atoms with Crippen molar-refractivity contribution in [2.45, 2.75) is 32.7 Å². The van der Waals surface area contributed by atoms with Gasteiger partial charge in [0.25, 0.3) is 0 Å². The van der Waals surface area contributed by atoms with Gasteiger partial charge < -0.3 is 5.32 Å². The first kappa shape index (κ1) is 17.7. The van der Waals surface area contributed by atoms with Crippen molar-refractivity contribution in [1.29, 1.82) is 0 Å². The van der Waals surface area contributed by atoms with Gasteiger partial charge in [-0.3, -0.25) is 4.79 Å². The van der Waals surface area contributed by atoms with E-state index in [1.807, 2.05) is 25.1 Å². The van der Waals surface area contributed by atoms with Gasteiger partial charge in [0.2, 0.25) is 15.9 Å². The van der Waals surface area contributed by atoms with Crippen molar-refractivity contribution in [3.8, 4) is 0 Å². The molecule has 21 heavy (non-hydrogen) atoms. The zero-order chi connectivity index (χ0) is 15.9. The van der Waals surface area contributed by atoms with Crippen molar-refractivity contribution in [2.24, 2.45) is 0 Å². The molecule has 0 fully saturated rings. The van der Waals surface area contributed by atoms with E-state index in [2.05, 4.69) is 17.4 Å². The fourth-order valence-electron chi connectivity index (χ4n) is 1.94. The molecule has 1 aromatic carbocycles. The van der Waals surface area contributed by atoms with Gasteiger partial charge in [-0.2, -0.15) is 4.31 Å². The summed E-state index contributed by atoms with van der Waals surface area (Å²) < 4.78 is 24.2. The lowest BCUT2D eigenvalue weighted by atomic mass is 10.1. The van der Waals surface area contributed by atoms with Crippen LogP contribution in [0.25, 0.3) is 0 Å². The van der Waals surface area contributed by atoms with E-state index >= 15 is 0 Å². The molecule has 0 radical (unpaired) electrons. The van der Waals surface area contributed by atoms with Crippen LogP contribution < -0.4 is 5.32 Å². The van der Waals surface area contributed by atoms with Gasteiger partial charge in [-0.25, -0.2) is 8.42 Å². The molecule has 6 heteroatoms. The normalized spacial score (nSPS) is 13.1. The molecule has 0 saturated carbocycles. The summed E-state index contributed by atoms with van der Waals surface area (Å²) in [5.41, 5.74) is 1.23. The Labute approximate surface area is 127 Å². The fourth-order valence-corrected chi connectivity index (χ4v) is 2.70. The lowest BCUT2D eigenvalue weighted by molar-refractivity contribution is -0.121. The minimum absolute atomic E-state index is 0.000338. The number of hydrogen-bond donors (Lipinski definition) is 1. The third kappa shape index (κ3) is 6.27. The summed E-state index contributed by atoms with van der Waals surface area (Å²) in [6.45, 7) is 3.35. The van der Waals surface area contributed by atoms with E-state index in [9.17, 15) is 13.2 Å². The Morgan fingerprint density at radius 2 is 1.90 bits per heavy atom. The molecule has 1 aromatic rings. The molecule has 0 bridgehead atoms. The number of nitrogens with zero attached hydrogens (tertiary/aromatic N) is 1. The van der Waals surface area contributed by atoms with Crippen molar-refractivity contribution in [3.05, 3.63) is 35.9 Å². The molecular formula is C15H24N2O3S. The molecule has 0 aliphatic heterocycles. The summed E-state index contributed by atoms with van der Waals surface area (Å²) in [6.07, 6.45) is 1.70. The molecule has 0 aliphatic carbocycles. The van der Waals surface area contributed by atoms with Crippen LogP contribution in [0.15, 0.2) is 30.3 Å². The zero-order valence-corrected chi connectivity index (χ0v) is 13.7. The van der Waals surface area contributed by atoms with E-state index in [0.717, 1.165) is 17.1 Å². The van der Waals surface area contributed by atoms with Crippen LogP contribution in [-0.2, 0) is 21.2 Å². The quantitative estimate of drug-likeness (QED) is 0.789.